The Kier molecular flexibility index (Phi) is 7.68. The molecule has 2 atom stereocenters. The topological polar surface area (TPSA) is 99.2 Å². The van der Waals surface area contributed by atoms with Crippen molar-refractivity contribution in [2.24, 2.45) is 5.92 Å². The van der Waals surface area contributed by atoms with Crippen LogP contribution in [0.5, 0.6) is 0 Å². The van der Waals surface area contributed by atoms with Gasteiger partial charge >= 0.3 is 39.5 Å². The molecule has 0 aromatic rings. The number of hydrogen-bond donors (Lipinski definition) is 0. The van der Waals surface area contributed by atoms with Gasteiger partial charge in [-0.3, -0.25) is 4.79 Å². The summed E-state index contributed by atoms with van der Waals surface area (Å²) in [6, 6.07) is 0. The van der Waals surface area contributed by atoms with Crippen LogP contribution in [0.2, 0.25) is 0 Å². The first kappa shape index (κ1) is 28.6. The number of imide groups is 1. The molecule has 1 saturated heterocycles. The number of cyclic esters (lactones) is 1. The van der Waals surface area contributed by atoms with Gasteiger partial charge in [0, 0.05) is 6.42 Å². The molecule has 2 amide bonds. The quantitative estimate of drug-likeness (QED) is 0.262. The third-order valence-corrected chi connectivity index (χ3v) is 6.12. The summed E-state index contributed by atoms with van der Waals surface area (Å²) in [5.74, 6) is -16.3. The van der Waals surface area contributed by atoms with Crippen LogP contribution >= 0.6 is 0 Å². The Balaban J connectivity index is 2.35. The van der Waals surface area contributed by atoms with E-state index in [1.165, 1.54) is 0 Å². The van der Waals surface area contributed by atoms with Crippen molar-refractivity contribution in [3.63, 3.8) is 0 Å². The zero-order valence-electron chi connectivity index (χ0n) is 17.0. The molecular weight excluding hydrogens is 533 g/mol. The van der Waals surface area contributed by atoms with E-state index in [1.54, 1.807) is 0 Å². The standard InChI is InChI=1S/C17H14F9NO7S/c1-2-6-32-11-8-9(3-4-10(11)12(28)27-5-7-33-13(27)29)34-35(30,31)17(25,26)15(20,21)14(18,19)16(22,23)24/h1,8,10-11H,3-7H2/t10-,11-/m0/s1. The number of carbonyl (C=O) groups excluding carboxylic acids is 2. The number of allylic oxidation sites excluding steroid dienone is 1. The number of carbonyl (C=O) groups is 2. The van der Waals surface area contributed by atoms with E-state index in [0.717, 1.165) is 0 Å². The summed E-state index contributed by atoms with van der Waals surface area (Å²) in [7, 11) is -7.16. The van der Waals surface area contributed by atoms with Crippen molar-refractivity contribution in [3.8, 4) is 12.3 Å². The lowest BCUT2D eigenvalue weighted by molar-refractivity contribution is -0.382. The highest BCUT2D eigenvalue weighted by Crippen LogP contribution is 2.55. The summed E-state index contributed by atoms with van der Waals surface area (Å²) in [6.07, 6.45) is -5.66. The van der Waals surface area contributed by atoms with Crippen molar-refractivity contribution >= 4 is 22.1 Å². The number of ether oxygens (including phenoxy) is 2. The Morgan fingerprint density at radius 3 is 2.23 bits per heavy atom. The Hall–Kier alpha value is -2.68. The fraction of sp³-hybridized carbons (Fsp3) is 0.647. The summed E-state index contributed by atoms with van der Waals surface area (Å²) in [5.41, 5.74) is 0. The Labute approximate surface area is 191 Å². The van der Waals surface area contributed by atoms with E-state index < -0.39 is 82.6 Å². The van der Waals surface area contributed by atoms with Crippen molar-refractivity contribution in [1.29, 1.82) is 0 Å². The molecule has 1 aliphatic heterocycles. The van der Waals surface area contributed by atoms with Gasteiger partial charge in [-0.2, -0.15) is 47.9 Å². The van der Waals surface area contributed by atoms with Crippen LogP contribution in [0.25, 0.3) is 0 Å². The Bertz CT molecular complexity index is 1030. The lowest BCUT2D eigenvalue weighted by Gasteiger charge is -2.33. The molecule has 2 rings (SSSR count). The van der Waals surface area contributed by atoms with Crippen molar-refractivity contribution < 1.29 is 71.2 Å². The van der Waals surface area contributed by atoms with E-state index in [4.69, 9.17) is 11.2 Å². The minimum atomic E-state index is -7.47. The molecule has 0 radical (unpaired) electrons. The molecule has 0 N–H and O–H groups in total. The highest BCUT2D eigenvalue weighted by molar-refractivity contribution is 7.88. The molecule has 0 bridgehead atoms. The Morgan fingerprint density at radius 1 is 1.14 bits per heavy atom. The number of halogens is 9. The van der Waals surface area contributed by atoms with Crippen molar-refractivity contribution in [2.45, 2.75) is 42.2 Å². The fourth-order valence-electron chi connectivity index (χ4n) is 2.99. The fourth-order valence-corrected chi connectivity index (χ4v) is 3.96. The summed E-state index contributed by atoms with van der Waals surface area (Å²) in [4.78, 5) is 24.8. The van der Waals surface area contributed by atoms with E-state index in [-0.39, 0.29) is 13.2 Å². The van der Waals surface area contributed by atoms with Crippen LogP contribution in [0.15, 0.2) is 11.8 Å². The maximum atomic E-state index is 13.9. The first-order chi connectivity index (χ1) is 15.8. The normalized spacial score (nSPS) is 22.3. The third kappa shape index (κ3) is 5.01. The molecular formula is C17H14F9NO7S. The summed E-state index contributed by atoms with van der Waals surface area (Å²) in [6.45, 7) is -0.894. The van der Waals surface area contributed by atoms with Gasteiger partial charge in [0.1, 0.15) is 19.0 Å². The zero-order chi connectivity index (χ0) is 27.0. The van der Waals surface area contributed by atoms with Crippen molar-refractivity contribution in [3.05, 3.63) is 11.8 Å². The average Bonchev–Trinajstić information content (AvgIpc) is 3.16. The molecule has 198 valence electrons. The van der Waals surface area contributed by atoms with E-state index in [1.807, 2.05) is 5.92 Å². The largest absolute Gasteiger partial charge is 0.460 e. The van der Waals surface area contributed by atoms with Crippen LogP contribution < -0.4 is 0 Å². The minimum absolute atomic E-state index is 0.151. The number of amides is 2. The lowest BCUT2D eigenvalue weighted by atomic mass is 9.89. The van der Waals surface area contributed by atoms with Gasteiger partial charge in [-0.05, 0) is 12.5 Å². The number of alkyl halides is 9. The van der Waals surface area contributed by atoms with Gasteiger partial charge in [0.15, 0.2) is 0 Å². The van der Waals surface area contributed by atoms with Gasteiger partial charge < -0.3 is 13.7 Å². The van der Waals surface area contributed by atoms with E-state index in [2.05, 4.69) is 8.92 Å². The first-order valence-electron chi connectivity index (χ1n) is 9.20. The molecule has 18 heteroatoms. The molecule has 0 aromatic carbocycles. The van der Waals surface area contributed by atoms with Crippen LogP contribution in [0.3, 0.4) is 0 Å². The monoisotopic (exact) mass is 547 g/mol. The second kappa shape index (κ2) is 9.41. The molecule has 1 aliphatic carbocycles. The molecule has 0 spiro atoms. The molecule has 1 heterocycles. The number of hydrogen-bond acceptors (Lipinski definition) is 7. The van der Waals surface area contributed by atoms with Gasteiger partial charge in [0.05, 0.1) is 18.6 Å². The molecule has 8 nitrogen and oxygen atoms in total. The van der Waals surface area contributed by atoms with Crippen molar-refractivity contribution in [2.75, 3.05) is 19.8 Å². The van der Waals surface area contributed by atoms with Crippen molar-refractivity contribution in [1.82, 2.24) is 4.90 Å². The van der Waals surface area contributed by atoms with Crippen LogP contribution in [-0.4, -0.2) is 74.5 Å². The average molecular weight is 547 g/mol. The maximum Gasteiger partial charge on any atom is 0.460 e. The molecule has 0 unspecified atom stereocenters. The van der Waals surface area contributed by atoms with E-state index in [0.29, 0.717) is 11.0 Å². The molecule has 0 aromatic heterocycles. The second-order valence-electron chi connectivity index (χ2n) is 7.06. The first-order valence-corrected chi connectivity index (χ1v) is 10.6. The second-order valence-corrected chi connectivity index (χ2v) is 8.65. The van der Waals surface area contributed by atoms with Gasteiger partial charge in [-0.25, -0.2) is 9.69 Å². The van der Waals surface area contributed by atoms with Crippen LogP contribution in [-0.2, 0) is 28.6 Å². The molecule has 1 fully saturated rings. The highest BCUT2D eigenvalue weighted by atomic mass is 32.2. The number of rotatable bonds is 8. The van der Waals surface area contributed by atoms with Gasteiger partial charge in [0.2, 0.25) is 5.91 Å². The molecule has 35 heavy (non-hydrogen) atoms. The molecule has 2 aliphatic rings. The van der Waals surface area contributed by atoms with E-state index >= 15 is 0 Å². The predicted molar refractivity (Wildman–Crippen MR) is 93.3 cm³/mol. The van der Waals surface area contributed by atoms with Gasteiger partial charge in [-0.1, -0.05) is 5.92 Å². The predicted octanol–water partition coefficient (Wildman–Crippen LogP) is 3.05. The van der Waals surface area contributed by atoms with Gasteiger partial charge in [-0.15, -0.1) is 6.42 Å². The lowest BCUT2D eigenvalue weighted by Crippen LogP contribution is -2.63. The number of terminal acetylenes is 1. The van der Waals surface area contributed by atoms with Gasteiger partial charge in [0.25, 0.3) is 0 Å². The van der Waals surface area contributed by atoms with Crippen LogP contribution in [0.1, 0.15) is 12.8 Å². The Morgan fingerprint density at radius 2 is 1.74 bits per heavy atom. The summed E-state index contributed by atoms with van der Waals surface area (Å²) < 4.78 is 154. The smallest absolute Gasteiger partial charge is 0.447 e. The SMILES string of the molecule is C#CCO[C@H]1C=C(OS(=O)(=O)C(F)(F)C(F)(F)C(F)(F)C(F)(F)F)CC[C@@H]1C(=O)N1CCOC1=O. The maximum absolute atomic E-state index is 13.9. The van der Waals surface area contributed by atoms with Crippen LogP contribution in [0, 0.1) is 18.3 Å². The zero-order valence-corrected chi connectivity index (χ0v) is 17.8. The third-order valence-electron chi connectivity index (χ3n) is 4.80. The van der Waals surface area contributed by atoms with Crippen LogP contribution in [0.4, 0.5) is 44.3 Å². The summed E-state index contributed by atoms with van der Waals surface area (Å²) >= 11 is 0. The minimum Gasteiger partial charge on any atom is -0.447 e. The highest BCUT2D eigenvalue weighted by Gasteiger charge is 2.86. The molecule has 0 saturated carbocycles. The van der Waals surface area contributed by atoms with E-state index in [9.17, 15) is 57.5 Å². The summed E-state index contributed by atoms with van der Waals surface area (Å²) in [5, 5.41) is -7.05. The number of nitrogens with zero attached hydrogens (tertiary/aromatic N) is 1.